The van der Waals surface area contributed by atoms with Gasteiger partial charge in [-0.1, -0.05) is 12.2 Å². The number of carbonyl (C=O) groups is 3. The normalized spacial score (nSPS) is 30.5. The summed E-state index contributed by atoms with van der Waals surface area (Å²) in [5.41, 5.74) is -1.02. The fraction of sp³-hybridized carbons (Fsp3) is 0.708. The number of amides is 2. The van der Waals surface area contributed by atoms with Crippen molar-refractivity contribution < 1.29 is 29.0 Å². The van der Waals surface area contributed by atoms with Gasteiger partial charge in [0.1, 0.15) is 11.6 Å². The van der Waals surface area contributed by atoms with Crippen molar-refractivity contribution in [3.8, 4) is 0 Å². The van der Waals surface area contributed by atoms with Gasteiger partial charge in [-0.05, 0) is 46.0 Å². The number of fused-ring (bicyclic) bond motifs is 1. The molecule has 0 aromatic heterocycles. The number of aliphatic hydroxyl groups excluding tert-OH is 1. The Morgan fingerprint density at radius 2 is 2.09 bits per heavy atom. The highest BCUT2D eigenvalue weighted by Gasteiger charge is 2.75. The molecule has 8 nitrogen and oxygen atoms in total. The lowest BCUT2D eigenvalue weighted by Crippen LogP contribution is -2.57. The van der Waals surface area contributed by atoms with E-state index < -0.39 is 35.6 Å². The van der Waals surface area contributed by atoms with E-state index in [0.29, 0.717) is 45.2 Å². The lowest BCUT2D eigenvalue weighted by molar-refractivity contribution is -0.155. The van der Waals surface area contributed by atoms with Crippen LogP contribution in [0.25, 0.3) is 0 Å². The second-order valence-corrected chi connectivity index (χ2v) is 9.14. The molecule has 2 bridgehead atoms. The van der Waals surface area contributed by atoms with Crippen molar-refractivity contribution in [1.29, 1.82) is 0 Å². The fourth-order valence-electron chi connectivity index (χ4n) is 5.53. The number of likely N-dealkylation sites (tertiary alicyclic amines) is 1. The highest BCUT2D eigenvalue weighted by molar-refractivity contribution is 5.98. The van der Waals surface area contributed by atoms with Crippen molar-refractivity contribution >= 4 is 17.8 Å². The van der Waals surface area contributed by atoms with Gasteiger partial charge < -0.3 is 24.4 Å². The molecular weight excluding hydrogens is 412 g/mol. The van der Waals surface area contributed by atoms with E-state index in [1.165, 1.54) is 0 Å². The third kappa shape index (κ3) is 4.10. The van der Waals surface area contributed by atoms with Gasteiger partial charge in [-0.25, -0.2) is 0 Å². The maximum atomic E-state index is 13.8. The zero-order chi connectivity index (χ0) is 23.5. The summed E-state index contributed by atoms with van der Waals surface area (Å²) in [7, 11) is 0. The summed E-state index contributed by atoms with van der Waals surface area (Å²) in [4.78, 5) is 43.7. The molecule has 0 aromatic carbocycles. The molecule has 3 aliphatic heterocycles. The van der Waals surface area contributed by atoms with E-state index in [9.17, 15) is 19.5 Å². The first-order valence-corrected chi connectivity index (χ1v) is 11.6. The highest BCUT2D eigenvalue weighted by Crippen LogP contribution is 2.58. The van der Waals surface area contributed by atoms with E-state index in [1.807, 2.05) is 13.8 Å². The third-order valence-corrected chi connectivity index (χ3v) is 6.91. The van der Waals surface area contributed by atoms with Gasteiger partial charge in [0.25, 0.3) is 0 Å². The minimum atomic E-state index is -1.02. The number of rotatable bonds is 12. The first kappa shape index (κ1) is 24.5. The maximum Gasteiger partial charge on any atom is 0.312 e. The van der Waals surface area contributed by atoms with Gasteiger partial charge in [-0.3, -0.25) is 14.4 Å². The second kappa shape index (κ2) is 10.2. The minimum absolute atomic E-state index is 0.0145. The first-order chi connectivity index (χ1) is 15.3. The van der Waals surface area contributed by atoms with Crippen LogP contribution >= 0.6 is 0 Å². The molecule has 3 heterocycles. The van der Waals surface area contributed by atoms with Crippen molar-refractivity contribution in [2.24, 2.45) is 11.8 Å². The molecule has 0 aromatic rings. The molecule has 1 N–H and O–H groups in total. The molecule has 5 atom stereocenters. The molecule has 3 saturated heterocycles. The van der Waals surface area contributed by atoms with Crippen molar-refractivity contribution in [2.75, 3.05) is 26.3 Å². The molecule has 8 heteroatoms. The molecule has 2 unspecified atom stereocenters. The number of hydrogen-bond acceptors (Lipinski definition) is 6. The van der Waals surface area contributed by atoms with E-state index in [4.69, 9.17) is 9.47 Å². The lowest BCUT2D eigenvalue weighted by atomic mass is 9.70. The topological polar surface area (TPSA) is 96.4 Å². The Morgan fingerprint density at radius 1 is 1.34 bits per heavy atom. The number of ether oxygens (including phenoxy) is 2. The molecule has 3 fully saturated rings. The summed E-state index contributed by atoms with van der Waals surface area (Å²) < 4.78 is 11.8. The summed E-state index contributed by atoms with van der Waals surface area (Å²) >= 11 is 0. The first-order valence-electron chi connectivity index (χ1n) is 11.6. The molecule has 0 radical (unpaired) electrons. The lowest BCUT2D eigenvalue weighted by Gasteiger charge is -2.38. The van der Waals surface area contributed by atoms with Crippen LogP contribution < -0.4 is 0 Å². The Balaban J connectivity index is 1.95. The zero-order valence-corrected chi connectivity index (χ0v) is 19.2. The molecular formula is C24H36N2O6. The van der Waals surface area contributed by atoms with Gasteiger partial charge in [0.2, 0.25) is 11.8 Å². The number of unbranched alkanes of at least 4 members (excludes halogenated alkanes) is 1. The summed E-state index contributed by atoms with van der Waals surface area (Å²) in [5, 5.41) is 9.21. The van der Waals surface area contributed by atoms with Crippen LogP contribution in [0.2, 0.25) is 0 Å². The quantitative estimate of drug-likeness (QED) is 0.277. The van der Waals surface area contributed by atoms with Crippen molar-refractivity contribution in [3.05, 3.63) is 25.3 Å². The average Bonchev–Trinajstić information content (AvgIpc) is 3.39. The monoisotopic (exact) mass is 448 g/mol. The number of hydrogen-bond donors (Lipinski definition) is 1. The van der Waals surface area contributed by atoms with E-state index in [0.717, 1.165) is 0 Å². The second-order valence-electron chi connectivity index (χ2n) is 9.14. The molecule has 2 amide bonds. The minimum Gasteiger partial charge on any atom is -0.465 e. The number of nitrogens with zero attached hydrogens (tertiary/aromatic N) is 2. The van der Waals surface area contributed by atoms with E-state index in [-0.39, 0.29) is 31.1 Å². The fourth-order valence-corrected chi connectivity index (χ4v) is 5.53. The third-order valence-electron chi connectivity index (χ3n) is 6.91. The summed E-state index contributed by atoms with van der Waals surface area (Å²) in [5.74, 6) is -2.27. The van der Waals surface area contributed by atoms with Gasteiger partial charge in [0, 0.05) is 25.7 Å². The molecule has 32 heavy (non-hydrogen) atoms. The number of esters is 1. The Kier molecular flexibility index (Phi) is 7.77. The smallest absolute Gasteiger partial charge is 0.312 e. The predicted octanol–water partition coefficient (Wildman–Crippen LogP) is 1.68. The summed E-state index contributed by atoms with van der Waals surface area (Å²) in [6, 6.07) is -0.874. The van der Waals surface area contributed by atoms with Crippen molar-refractivity contribution in [3.63, 3.8) is 0 Å². The Bertz CT molecular complexity index is 753. The van der Waals surface area contributed by atoms with Crippen LogP contribution in [0.1, 0.15) is 46.0 Å². The van der Waals surface area contributed by atoms with Crippen molar-refractivity contribution in [1.82, 2.24) is 9.80 Å². The van der Waals surface area contributed by atoms with Crippen LogP contribution in [0.4, 0.5) is 0 Å². The SMILES string of the molecule is C=CCCOC(=O)[C@@H]1[C@@H]2CCC3(O2)C(C(=O)N(CC=C)C(C)C)N(CCCCO)C(=O)[C@H]13. The van der Waals surface area contributed by atoms with Gasteiger partial charge in [-0.2, -0.15) is 0 Å². The van der Waals surface area contributed by atoms with Gasteiger partial charge in [0.15, 0.2) is 0 Å². The van der Waals surface area contributed by atoms with Crippen LogP contribution in [-0.4, -0.2) is 82.8 Å². The van der Waals surface area contributed by atoms with Crippen molar-refractivity contribution in [2.45, 2.75) is 69.7 Å². The zero-order valence-electron chi connectivity index (χ0n) is 19.2. The number of aliphatic hydroxyl groups is 1. The summed E-state index contributed by atoms with van der Waals surface area (Å²) in [6.45, 7) is 12.2. The van der Waals surface area contributed by atoms with Gasteiger partial charge in [0.05, 0.1) is 24.5 Å². The molecule has 0 aliphatic carbocycles. The van der Waals surface area contributed by atoms with Crippen LogP contribution in [0.5, 0.6) is 0 Å². The Hall–Kier alpha value is -2.19. The highest BCUT2D eigenvalue weighted by atomic mass is 16.6. The standard InChI is InChI=1S/C24H36N2O6/c1-5-7-15-31-23(30)18-17-10-11-24(32-17)19(18)21(28)26(13-8-9-14-27)20(24)22(29)25(12-6-2)16(3)4/h5-6,16-20,27H,1-2,7-15H2,3-4H3/t17-,18+,19-,20?,24?/m0/s1. The summed E-state index contributed by atoms with van der Waals surface area (Å²) in [6.07, 6.45) is 5.72. The van der Waals surface area contributed by atoms with Crippen LogP contribution in [0, 0.1) is 11.8 Å². The number of carbonyl (C=O) groups excluding carboxylic acids is 3. The van der Waals surface area contributed by atoms with Crippen LogP contribution in [0.3, 0.4) is 0 Å². The maximum absolute atomic E-state index is 13.8. The predicted molar refractivity (Wildman–Crippen MR) is 118 cm³/mol. The van der Waals surface area contributed by atoms with Crippen LogP contribution in [0.15, 0.2) is 25.3 Å². The molecule has 3 rings (SSSR count). The average molecular weight is 449 g/mol. The van der Waals surface area contributed by atoms with Gasteiger partial charge in [-0.15, -0.1) is 13.2 Å². The Labute approximate surface area is 190 Å². The Morgan fingerprint density at radius 3 is 2.72 bits per heavy atom. The van der Waals surface area contributed by atoms with E-state index in [2.05, 4.69) is 13.2 Å². The molecule has 0 saturated carbocycles. The molecule has 3 aliphatic rings. The van der Waals surface area contributed by atoms with E-state index in [1.54, 1.807) is 22.0 Å². The molecule has 1 spiro atoms. The van der Waals surface area contributed by atoms with E-state index >= 15 is 0 Å². The van der Waals surface area contributed by atoms with Crippen LogP contribution in [-0.2, 0) is 23.9 Å². The van der Waals surface area contributed by atoms with Gasteiger partial charge >= 0.3 is 5.97 Å². The largest absolute Gasteiger partial charge is 0.465 e. The molecule has 178 valence electrons.